The molecular weight excluding hydrogens is 268 g/mol. The highest BCUT2D eigenvalue weighted by Gasteiger charge is 2.32. The van der Waals surface area contributed by atoms with Gasteiger partial charge in [0.25, 0.3) is 0 Å². The summed E-state index contributed by atoms with van der Waals surface area (Å²) in [6, 6.07) is 3.97. The number of nitrogens with zero attached hydrogens (tertiary/aromatic N) is 1. The summed E-state index contributed by atoms with van der Waals surface area (Å²) in [5.74, 6) is 0. The maximum atomic E-state index is 5.74. The zero-order valence-electron chi connectivity index (χ0n) is 9.50. The first-order valence-corrected chi connectivity index (χ1v) is 6.40. The van der Waals surface area contributed by atoms with Gasteiger partial charge in [0.1, 0.15) is 0 Å². The first kappa shape index (κ1) is 12.0. The van der Waals surface area contributed by atoms with Crippen LogP contribution in [0.15, 0.2) is 22.8 Å². The lowest BCUT2D eigenvalue weighted by Crippen LogP contribution is -2.45. The molecule has 0 spiro atoms. The Labute approximate surface area is 105 Å². The average molecular weight is 285 g/mol. The Kier molecular flexibility index (Phi) is 3.95. The molecule has 0 amide bonds. The Hall–Kier alpha value is -0.450. The topological polar surface area (TPSA) is 34.1 Å². The molecule has 1 N–H and O–H groups in total. The van der Waals surface area contributed by atoms with E-state index in [-0.39, 0.29) is 5.60 Å². The third kappa shape index (κ3) is 2.62. The van der Waals surface area contributed by atoms with Gasteiger partial charge in [-0.2, -0.15) is 0 Å². The van der Waals surface area contributed by atoms with E-state index in [1.165, 1.54) is 0 Å². The lowest BCUT2D eigenvalue weighted by atomic mass is 9.87. The Bertz CT molecular complexity index is 351. The van der Waals surface area contributed by atoms with E-state index < -0.39 is 0 Å². The van der Waals surface area contributed by atoms with Crippen LogP contribution in [0, 0.1) is 0 Å². The van der Waals surface area contributed by atoms with Crippen LogP contribution in [0.4, 0.5) is 0 Å². The minimum atomic E-state index is -0.0396. The van der Waals surface area contributed by atoms with Gasteiger partial charge in [-0.25, -0.2) is 0 Å². The van der Waals surface area contributed by atoms with Gasteiger partial charge in [0, 0.05) is 24.2 Å². The number of hydrogen-bond donors (Lipinski definition) is 1. The van der Waals surface area contributed by atoms with Gasteiger partial charge >= 0.3 is 0 Å². The summed E-state index contributed by atoms with van der Waals surface area (Å²) in [7, 11) is 1.81. The molecule has 0 aromatic carbocycles. The van der Waals surface area contributed by atoms with Crippen molar-refractivity contribution < 1.29 is 4.74 Å². The number of piperidine rings is 1. The minimum Gasteiger partial charge on any atom is -0.378 e. The van der Waals surface area contributed by atoms with Gasteiger partial charge in [0.05, 0.1) is 11.3 Å². The number of methoxy groups -OCH3 is 1. The molecule has 3 nitrogen and oxygen atoms in total. The highest BCUT2D eigenvalue weighted by atomic mass is 79.9. The lowest BCUT2D eigenvalue weighted by molar-refractivity contribution is -0.0341. The van der Waals surface area contributed by atoms with E-state index in [1.807, 2.05) is 25.4 Å². The summed E-state index contributed by atoms with van der Waals surface area (Å²) >= 11 is 3.54. The molecule has 0 radical (unpaired) electrons. The van der Waals surface area contributed by atoms with Crippen molar-refractivity contribution in [3.63, 3.8) is 0 Å². The van der Waals surface area contributed by atoms with Gasteiger partial charge in [-0.15, -0.1) is 0 Å². The van der Waals surface area contributed by atoms with Crippen molar-refractivity contribution >= 4 is 15.9 Å². The summed E-state index contributed by atoms with van der Waals surface area (Å²) in [5.41, 5.74) is 1.05. The highest BCUT2D eigenvalue weighted by Crippen LogP contribution is 2.28. The quantitative estimate of drug-likeness (QED) is 0.924. The number of rotatable bonds is 3. The van der Waals surface area contributed by atoms with Crippen LogP contribution in [-0.2, 0) is 11.2 Å². The van der Waals surface area contributed by atoms with Crippen LogP contribution >= 0.6 is 15.9 Å². The van der Waals surface area contributed by atoms with Crippen LogP contribution < -0.4 is 5.32 Å². The van der Waals surface area contributed by atoms with E-state index in [2.05, 4.69) is 26.2 Å². The van der Waals surface area contributed by atoms with Crippen molar-refractivity contribution in [3.8, 4) is 0 Å². The molecular formula is C12H17BrN2O. The molecule has 0 aliphatic carbocycles. The van der Waals surface area contributed by atoms with Gasteiger partial charge in [-0.1, -0.05) is 0 Å². The van der Waals surface area contributed by atoms with Crippen LogP contribution in [0.2, 0.25) is 0 Å². The molecule has 1 fully saturated rings. The summed E-state index contributed by atoms with van der Waals surface area (Å²) < 4.78 is 6.81. The fourth-order valence-electron chi connectivity index (χ4n) is 2.19. The molecule has 0 unspecified atom stereocenters. The van der Waals surface area contributed by atoms with Gasteiger partial charge in [-0.05, 0) is 54.0 Å². The Morgan fingerprint density at radius 3 is 2.88 bits per heavy atom. The molecule has 0 saturated carbocycles. The van der Waals surface area contributed by atoms with Crippen molar-refractivity contribution in [1.82, 2.24) is 10.3 Å². The first-order valence-electron chi connectivity index (χ1n) is 5.61. The van der Waals surface area contributed by atoms with Crippen molar-refractivity contribution in [2.75, 3.05) is 20.2 Å². The molecule has 16 heavy (non-hydrogen) atoms. The molecule has 2 rings (SSSR count). The number of nitrogens with one attached hydrogen (secondary N) is 1. The zero-order chi connectivity index (χ0) is 11.4. The van der Waals surface area contributed by atoms with E-state index in [4.69, 9.17) is 4.74 Å². The van der Waals surface area contributed by atoms with Gasteiger partial charge in [0.15, 0.2) is 0 Å². The van der Waals surface area contributed by atoms with Crippen LogP contribution in [0.25, 0.3) is 0 Å². The third-order valence-corrected chi connectivity index (χ3v) is 3.99. The standard InChI is InChI=1S/C12H17BrN2O/c1-16-12(4-7-14-8-5-12)9-11-10(13)3-2-6-15-11/h2-3,6,14H,4-5,7-9H2,1H3. The summed E-state index contributed by atoms with van der Waals surface area (Å²) in [6.45, 7) is 2.05. The second-order valence-electron chi connectivity index (χ2n) is 4.25. The monoisotopic (exact) mass is 284 g/mol. The van der Waals surface area contributed by atoms with Gasteiger partial charge in [0.2, 0.25) is 0 Å². The molecule has 1 aromatic rings. The predicted octanol–water partition coefficient (Wildman–Crippen LogP) is 2.16. The minimum absolute atomic E-state index is 0.0396. The number of ether oxygens (including phenoxy) is 1. The number of hydrogen-bond acceptors (Lipinski definition) is 3. The summed E-state index contributed by atoms with van der Waals surface area (Å²) in [6.07, 6.45) is 4.82. The maximum Gasteiger partial charge on any atom is 0.0758 e. The SMILES string of the molecule is COC1(Cc2ncccc2Br)CCNCC1. The molecule has 0 bridgehead atoms. The number of pyridine rings is 1. The normalized spacial score (nSPS) is 19.6. The molecule has 0 atom stereocenters. The Balaban J connectivity index is 2.15. The second-order valence-corrected chi connectivity index (χ2v) is 5.10. The highest BCUT2D eigenvalue weighted by molar-refractivity contribution is 9.10. The Morgan fingerprint density at radius 2 is 2.25 bits per heavy atom. The summed E-state index contributed by atoms with van der Waals surface area (Å²) in [5, 5.41) is 3.36. The van der Waals surface area contributed by atoms with Crippen LogP contribution in [0.3, 0.4) is 0 Å². The van der Waals surface area contributed by atoms with E-state index in [9.17, 15) is 0 Å². The van der Waals surface area contributed by atoms with Crippen LogP contribution in [0.5, 0.6) is 0 Å². The van der Waals surface area contributed by atoms with Crippen molar-refractivity contribution in [1.29, 1.82) is 0 Å². The number of aromatic nitrogens is 1. The van der Waals surface area contributed by atoms with E-state index in [1.54, 1.807) is 0 Å². The van der Waals surface area contributed by atoms with E-state index in [0.717, 1.165) is 42.5 Å². The molecule has 4 heteroatoms. The smallest absolute Gasteiger partial charge is 0.0758 e. The molecule has 1 aliphatic heterocycles. The molecule has 1 aliphatic rings. The molecule has 2 heterocycles. The van der Waals surface area contributed by atoms with Crippen molar-refractivity contribution in [2.45, 2.75) is 24.9 Å². The fourth-order valence-corrected chi connectivity index (χ4v) is 2.58. The molecule has 88 valence electrons. The van der Waals surface area contributed by atoms with Crippen molar-refractivity contribution in [3.05, 3.63) is 28.5 Å². The van der Waals surface area contributed by atoms with Gasteiger partial charge in [-0.3, -0.25) is 4.98 Å². The lowest BCUT2D eigenvalue weighted by Gasteiger charge is -2.36. The molecule has 1 saturated heterocycles. The van der Waals surface area contributed by atoms with Gasteiger partial charge < -0.3 is 10.1 Å². The van der Waals surface area contributed by atoms with Crippen LogP contribution in [-0.4, -0.2) is 30.8 Å². The first-order chi connectivity index (χ1) is 7.76. The number of halogens is 1. The van der Waals surface area contributed by atoms with E-state index >= 15 is 0 Å². The fraction of sp³-hybridized carbons (Fsp3) is 0.583. The predicted molar refractivity (Wildman–Crippen MR) is 67.5 cm³/mol. The second kappa shape index (κ2) is 5.25. The summed E-state index contributed by atoms with van der Waals surface area (Å²) in [4.78, 5) is 4.42. The largest absolute Gasteiger partial charge is 0.378 e. The zero-order valence-corrected chi connectivity index (χ0v) is 11.1. The van der Waals surface area contributed by atoms with E-state index in [0.29, 0.717) is 0 Å². The third-order valence-electron chi connectivity index (χ3n) is 3.27. The maximum absolute atomic E-state index is 5.74. The molecule has 1 aromatic heterocycles. The average Bonchev–Trinajstić information content (AvgIpc) is 2.33. The van der Waals surface area contributed by atoms with Crippen molar-refractivity contribution in [2.24, 2.45) is 0 Å². The van der Waals surface area contributed by atoms with Crippen LogP contribution in [0.1, 0.15) is 18.5 Å². The Morgan fingerprint density at radius 1 is 1.50 bits per heavy atom.